The van der Waals surface area contributed by atoms with Crippen molar-refractivity contribution in [1.29, 1.82) is 0 Å². The molecule has 1 saturated carbocycles. The Labute approximate surface area is 239 Å². The van der Waals surface area contributed by atoms with Gasteiger partial charge in [-0.2, -0.15) is 0 Å². The molecule has 41 heavy (non-hydrogen) atoms. The minimum Gasteiger partial charge on any atom is -0.473 e. The van der Waals surface area contributed by atoms with Gasteiger partial charge in [0.2, 0.25) is 0 Å². The molecule has 1 aromatic carbocycles. The number of rotatable bonds is 6. The zero-order valence-corrected chi connectivity index (χ0v) is 23.5. The lowest BCUT2D eigenvalue weighted by atomic mass is 9.65. The Kier molecular flexibility index (Phi) is 6.47. The van der Waals surface area contributed by atoms with Gasteiger partial charge < -0.3 is 19.1 Å². The Balaban J connectivity index is 1.62. The normalized spacial score (nSPS) is 25.6. The molecule has 1 aromatic rings. The second-order valence-corrected chi connectivity index (χ2v) is 11.1. The standard InChI is InChI=1S/C34H31NO6/c1-6-21-18-40-33(38)23-13-9-12-22(31(23)41-21)26-27-24-14-7-10-20-11-8-15-25(34(20,24)4)28(27)29(30(26)36)32(37)35(19(2)3)16-17-39-5/h1,7-15,19,21,24H,16-18H2,2-5H3. The van der Waals surface area contributed by atoms with E-state index in [0.717, 1.165) is 16.7 Å². The van der Waals surface area contributed by atoms with Gasteiger partial charge in [0, 0.05) is 42.2 Å². The quantitative estimate of drug-likeness (QED) is 0.298. The molecule has 3 atom stereocenters. The molecule has 1 fully saturated rings. The van der Waals surface area contributed by atoms with Crippen molar-refractivity contribution in [2.45, 2.75) is 32.9 Å². The molecule has 0 saturated heterocycles. The highest BCUT2D eigenvalue weighted by Gasteiger charge is 2.57. The van der Waals surface area contributed by atoms with E-state index >= 15 is 0 Å². The van der Waals surface area contributed by atoms with Crippen LogP contribution in [-0.2, 0) is 19.1 Å². The van der Waals surface area contributed by atoms with Crippen molar-refractivity contribution in [3.8, 4) is 18.1 Å². The lowest BCUT2D eigenvalue weighted by Crippen LogP contribution is -2.41. The molecule has 5 aliphatic rings. The first-order valence-electron chi connectivity index (χ1n) is 13.8. The Bertz CT molecular complexity index is 1620. The van der Waals surface area contributed by atoms with Crippen LogP contribution in [0.2, 0.25) is 0 Å². The minimum atomic E-state index is -0.817. The Morgan fingerprint density at radius 2 is 1.98 bits per heavy atom. The maximum absolute atomic E-state index is 14.6. The van der Waals surface area contributed by atoms with Gasteiger partial charge in [0.25, 0.3) is 5.91 Å². The van der Waals surface area contributed by atoms with Crippen LogP contribution in [0.25, 0.3) is 5.57 Å². The Morgan fingerprint density at radius 3 is 2.71 bits per heavy atom. The molecule has 0 aromatic heterocycles. The summed E-state index contributed by atoms with van der Waals surface area (Å²) >= 11 is 0. The summed E-state index contributed by atoms with van der Waals surface area (Å²) in [7, 11) is 1.58. The number of terminal acetylenes is 1. The number of carbonyl (C=O) groups is 3. The molecular formula is C34H31NO6. The van der Waals surface area contributed by atoms with Gasteiger partial charge in [-0.1, -0.05) is 61.4 Å². The van der Waals surface area contributed by atoms with Crippen LogP contribution in [0.3, 0.4) is 0 Å². The largest absolute Gasteiger partial charge is 0.473 e. The van der Waals surface area contributed by atoms with Crippen LogP contribution in [0.15, 0.2) is 82.5 Å². The van der Waals surface area contributed by atoms with E-state index in [1.807, 2.05) is 32.1 Å². The van der Waals surface area contributed by atoms with Gasteiger partial charge in [-0.25, -0.2) is 4.79 Å². The summed E-state index contributed by atoms with van der Waals surface area (Å²) in [6, 6.07) is 4.88. The fourth-order valence-corrected chi connectivity index (χ4v) is 6.64. The number of fused-ring (bicyclic) bond motifs is 4. The molecule has 1 aliphatic heterocycles. The topological polar surface area (TPSA) is 82.1 Å². The van der Waals surface area contributed by atoms with Crippen LogP contribution < -0.4 is 4.74 Å². The SMILES string of the molecule is C#CC1COC(=O)c2cccc(C3=C4C(=C(C(=O)N(CCOC)C(C)C)C3=O)C3=CC=CC5=CC=CC4C53C)c2O1. The summed E-state index contributed by atoms with van der Waals surface area (Å²) in [5.41, 5.74) is 4.10. The van der Waals surface area contributed by atoms with E-state index in [1.165, 1.54) is 0 Å². The summed E-state index contributed by atoms with van der Waals surface area (Å²) in [5.74, 6) is 1.19. The summed E-state index contributed by atoms with van der Waals surface area (Å²) in [6.45, 7) is 6.58. The summed E-state index contributed by atoms with van der Waals surface area (Å²) < 4.78 is 16.8. The van der Waals surface area contributed by atoms with Crippen LogP contribution in [0, 0.1) is 23.7 Å². The number of benzene rings is 1. The van der Waals surface area contributed by atoms with Gasteiger partial charge in [0.1, 0.15) is 17.9 Å². The first-order chi connectivity index (χ1) is 19.7. The van der Waals surface area contributed by atoms with Crippen molar-refractivity contribution in [3.05, 3.63) is 93.6 Å². The molecule has 0 radical (unpaired) electrons. The average molecular weight is 550 g/mol. The third-order valence-corrected chi connectivity index (χ3v) is 8.67. The number of allylic oxidation sites excluding steroid dienone is 11. The van der Waals surface area contributed by atoms with E-state index in [2.05, 4.69) is 31.1 Å². The smallest absolute Gasteiger partial charge is 0.342 e. The number of cyclic esters (lactones) is 1. The number of Topliss-reactive ketones (excluding diaryl/α,β-unsaturated/α-hetero) is 1. The van der Waals surface area contributed by atoms with Gasteiger partial charge >= 0.3 is 5.97 Å². The molecule has 6 rings (SSSR count). The van der Waals surface area contributed by atoms with Crippen LogP contribution in [0.1, 0.15) is 36.7 Å². The minimum absolute atomic E-state index is 0.102. The third kappa shape index (κ3) is 3.82. The summed E-state index contributed by atoms with van der Waals surface area (Å²) in [4.78, 5) is 43.6. The fraction of sp³-hybridized carbons (Fsp3) is 0.324. The molecule has 0 bridgehead atoms. The zero-order chi connectivity index (χ0) is 29.1. The van der Waals surface area contributed by atoms with Crippen LogP contribution in [-0.4, -0.2) is 61.6 Å². The number of hydrogen-bond acceptors (Lipinski definition) is 6. The summed E-state index contributed by atoms with van der Waals surface area (Å²) in [6.07, 6.45) is 17.1. The predicted octanol–water partition coefficient (Wildman–Crippen LogP) is 4.38. The van der Waals surface area contributed by atoms with Gasteiger partial charge in [-0.3, -0.25) is 9.59 Å². The van der Waals surface area contributed by atoms with E-state index < -0.39 is 23.3 Å². The molecule has 208 valence electrons. The molecule has 4 aliphatic carbocycles. The van der Waals surface area contributed by atoms with Crippen molar-refractivity contribution in [1.82, 2.24) is 4.90 Å². The van der Waals surface area contributed by atoms with E-state index in [9.17, 15) is 14.4 Å². The predicted molar refractivity (Wildman–Crippen MR) is 154 cm³/mol. The van der Waals surface area contributed by atoms with Crippen LogP contribution in [0.5, 0.6) is 5.75 Å². The molecule has 7 nitrogen and oxygen atoms in total. The molecule has 0 spiro atoms. The van der Waals surface area contributed by atoms with E-state index in [0.29, 0.717) is 29.9 Å². The van der Waals surface area contributed by atoms with Crippen molar-refractivity contribution in [2.75, 3.05) is 26.9 Å². The first kappa shape index (κ1) is 26.8. The number of methoxy groups -OCH3 is 1. The molecule has 1 amide bonds. The van der Waals surface area contributed by atoms with Gasteiger partial charge in [0.15, 0.2) is 11.9 Å². The lowest BCUT2D eigenvalue weighted by molar-refractivity contribution is -0.131. The second-order valence-electron chi connectivity index (χ2n) is 11.1. The molecule has 7 heteroatoms. The Morgan fingerprint density at radius 1 is 1.20 bits per heavy atom. The number of ether oxygens (including phenoxy) is 3. The maximum atomic E-state index is 14.6. The average Bonchev–Trinajstić information content (AvgIpc) is 3.30. The van der Waals surface area contributed by atoms with E-state index in [1.54, 1.807) is 30.2 Å². The number of nitrogens with zero attached hydrogens (tertiary/aromatic N) is 1. The molecule has 1 heterocycles. The molecular weight excluding hydrogens is 518 g/mol. The second kappa shape index (κ2) is 9.90. The highest BCUT2D eigenvalue weighted by molar-refractivity contribution is 6.43. The highest BCUT2D eigenvalue weighted by atomic mass is 16.6. The number of para-hydroxylation sites is 1. The first-order valence-corrected chi connectivity index (χ1v) is 13.8. The summed E-state index contributed by atoms with van der Waals surface area (Å²) in [5, 5.41) is 0. The third-order valence-electron chi connectivity index (χ3n) is 8.67. The van der Waals surface area contributed by atoms with Crippen molar-refractivity contribution in [2.24, 2.45) is 11.3 Å². The van der Waals surface area contributed by atoms with Crippen molar-refractivity contribution < 1.29 is 28.6 Å². The fourth-order valence-electron chi connectivity index (χ4n) is 6.64. The monoisotopic (exact) mass is 549 g/mol. The van der Waals surface area contributed by atoms with Crippen LogP contribution >= 0.6 is 0 Å². The highest BCUT2D eigenvalue weighted by Crippen LogP contribution is 2.65. The van der Waals surface area contributed by atoms with Crippen molar-refractivity contribution in [3.63, 3.8) is 0 Å². The van der Waals surface area contributed by atoms with Crippen molar-refractivity contribution >= 4 is 23.2 Å². The molecule has 3 unspecified atom stereocenters. The number of amides is 1. The van der Waals surface area contributed by atoms with Gasteiger partial charge in [-0.15, -0.1) is 6.42 Å². The zero-order valence-electron chi connectivity index (χ0n) is 23.5. The van der Waals surface area contributed by atoms with E-state index in [4.69, 9.17) is 20.6 Å². The van der Waals surface area contributed by atoms with E-state index in [-0.39, 0.29) is 41.4 Å². The molecule has 0 N–H and O–H groups in total. The number of carbonyl (C=O) groups excluding carboxylic acids is 3. The lowest BCUT2D eigenvalue weighted by Gasteiger charge is -2.37. The number of esters is 1. The Hall–Kier alpha value is -4.41. The van der Waals surface area contributed by atoms with Crippen LogP contribution in [0.4, 0.5) is 0 Å². The number of hydrogen-bond donors (Lipinski definition) is 0. The van der Waals surface area contributed by atoms with Gasteiger partial charge in [0.05, 0.1) is 12.2 Å². The number of ketones is 1. The maximum Gasteiger partial charge on any atom is 0.342 e. The van der Waals surface area contributed by atoms with Gasteiger partial charge in [-0.05, 0) is 42.2 Å².